The summed E-state index contributed by atoms with van der Waals surface area (Å²) >= 11 is 0. The predicted molar refractivity (Wildman–Crippen MR) is 115 cm³/mol. The third-order valence-corrected chi connectivity index (χ3v) is 4.06. The van der Waals surface area contributed by atoms with Gasteiger partial charge in [0.25, 0.3) is 5.91 Å². The minimum Gasteiger partial charge on any atom is -0.507 e. The molecule has 0 radical (unpaired) electrons. The van der Waals surface area contributed by atoms with Crippen molar-refractivity contribution in [1.82, 2.24) is 5.32 Å². The van der Waals surface area contributed by atoms with Gasteiger partial charge in [0.15, 0.2) is 0 Å². The lowest BCUT2D eigenvalue weighted by atomic mass is 10.2. The molecule has 30 heavy (non-hydrogen) atoms. The molecular formula is C23H33NO6. The summed E-state index contributed by atoms with van der Waals surface area (Å²) in [5, 5.41) is 12.2. The number of ether oxygens (including phenoxy) is 3. The Bertz CT molecular complexity index is 686. The molecule has 2 N–H and O–H groups in total. The summed E-state index contributed by atoms with van der Waals surface area (Å²) in [5.74, 6) is -1.24. The smallest absolute Gasteiger partial charge is 0.341 e. The lowest BCUT2D eigenvalue weighted by molar-refractivity contribution is -0.165. The largest absolute Gasteiger partial charge is 0.507 e. The molecule has 0 fully saturated rings. The van der Waals surface area contributed by atoms with Crippen molar-refractivity contribution in [3.63, 3.8) is 0 Å². The number of phenols is 1. The topological polar surface area (TPSA) is 94.1 Å². The van der Waals surface area contributed by atoms with Crippen molar-refractivity contribution in [2.24, 2.45) is 0 Å². The summed E-state index contributed by atoms with van der Waals surface area (Å²) < 4.78 is 15.6. The number of methoxy groups -OCH3 is 1. The summed E-state index contributed by atoms with van der Waals surface area (Å²) in [7, 11) is 1.40. The molecule has 7 nitrogen and oxygen atoms in total. The van der Waals surface area contributed by atoms with Crippen LogP contribution in [0.3, 0.4) is 0 Å². The standard InChI is InChI=1S/C23H33NO6/c1-3-4-5-6-7-8-9-10-13-17-30-23(28-2)21(26)24-16-18-29-22(27)19-14-11-12-15-20(19)25/h4-5,7-8,11-12,14-15,23,25H,3,6,9-10,13,16-18H2,1-2H3,(H,24,26)/b5-4-,8-7-. The normalized spacial score (nSPS) is 12.3. The van der Waals surface area contributed by atoms with Crippen LogP contribution in [0.1, 0.15) is 49.4 Å². The quantitative estimate of drug-likeness (QED) is 0.195. The van der Waals surface area contributed by atoms with E-state index in [1.807, 2.05) is 0 Å². The number of esters is 1. The number of hydrogen-bond donors (Lipinski definition) is 2. The van der Waals surface area contributed by atoms with Crippen molar-refractivity contribution >= 4 is 11.9 Å². The van der Waals surface area contributed by atoms with Crippen LogP contribution in [0.5, 0.6) is 5.75 Å². The number of nitrogens with one attached hydrogen (secondary N) is 1. The number of aromatic hydroxyl groups is 1. The van der Waals surface area contributed by atoms with E-state index in [-0.39, 0.29) is 24.5 Å². The molecule has 0 aliphatic carbocycles. The Labute approximate surface area is 178 Å². The molecule has 166 valence electrons. The molecule has 1 unspecified atom stereocenters. The number of phenolic OH excluding ortho intramolecular Hbond substituents is 1. The first-order valence-electron chi connectivity index (χ1n) is 10.3. The fourth-order valence-corrected chi connectivity index (χ4v) is 2.49. The third kappa shape index (κ3) is 10.8. The second-order valence-corrected chi connectivity index (χ2v) is 6.47. The highest BCUT2D eigenvalue weighted by molar-refractivity contribution is 5.92. The maximum absolute atomic E-state index is 12.1. The monoisotopic (exact) mass is 419 g/mol. The number of unbranched alkanes of at least 4 members (excludes halogenated alkanes) is 2. The molecule has 0 spiro atoms. The Morgan fingerprint density at radius 3 is 2.60 bits per heavy atom. The minimum atomic E-state index is -1.01. The molecule has 1 amide bonds. The Kier molecular flexibility index (Phi) is 13.7. The number of para-hydroxylation sites is 1. The molecule has 0 aliphatic heterocycles. The fraction of sp³-hybridized carbons (Fsp3) is 0.478. The van der Waals surface area contributed by atoms with Gasteiger partial charge in [-0.2, -0.15) is 0 Å². The van der Waals surface area contributed by atoms with Crippen LogP contribution in [0.4, 0.5) is 0 Å². The van der Waals surface area contributed by atoms with Crippen molar-refractivity contribution in [2.75, 3.05) is 26.9 Å². The first kappa shape index (κ1) is 25.4. The van der Waals surface area contributed by atoms with Crippen molar-refractivity contribution < 1.29 is 28.9 Å². The number of hydrogen-bond acceptors (Lipinski definition) is 6. The van der Waals surface area contributed by atoms with Crippen LogP contribution in [-0.2, 0) is 19.0 Å². The van der Waals surface area contributed by atoms with E-state index in [1.54, 1.807) is 12.1 Å². The molecule has 7 heteroatoms. The van der Waals surface area contributed by atoms with Crippen LogP contribution in [0.15, 0.2) is 48.6 Å². The summed E-state index contributed by atoms with van der Waals surface area (Å²) in [6, 6.07) is 6.10. The van der Waals surface area contributed by atoms with E-state index in [9.17, 15) is 14.7 Å². The summed E-state index contributed by atoms with van der Waals surface area (Å²) in [5.41, 5.74) is 0.0780. The number of benzene rings is 1. The van der Waals surface area contributed by atoms with Gasteiger partial charge in [-0.1, -0.05) is 43.4 Å². The molecule has 1 aromatic carbocycles. The van der Waals surface area contributed by atoms with Gasteiger partial charge in [-0.05, 0) is 44.2 Å². The minimum absolute atomic E-state index is 0.0326. The van der Waals surface area contributed by atoms with Gasteiger partial charge in [0.05, 0.1) is 13.2 Å². The van der Waals surface area contributed by atoms with Crippen LogP contribution in [0.2, 0.25) is 0 Å². The Balaban J connectivity index is 2.15. The first-order chi connectivity index (χ1) is 14.6. The van der Waals surface area contributed by atoms with Crippen molar-refractivity contribution in [1.29, 1.82) is 0 Å². The average molecular weight is 420 g/mol. The number of amides is 1. The maximum Gasteiger partial charge on any atom is 0.341 e. The molecule has 0 saturated carbocycles. The number of rotatable bonds is 15. The molecule has 0 aliphatic rings. The number of carbonyl (C=O) groups excluding carboxylic acids is 2. The highest BCUT2D eigenvalue weighted by Gasteiger charge is 2.18. The van der Waals surface area contributed by atoms with E-state index in [2.05, 4.69) is 36.5 Å². The Morgan fingerprint density at radius 1 is 1.10 bits per heavy atom. The molecule has 1 rings (SSSR count). The lowest BCUT2D eigenvalue weighted by Crippen LogP contribution is -2.39. The second-order valence-electron chi connectivity index (χ2n) is 6.47. The van der Waals surface area contributed by atoms with Gasteiger partial charge in [0, 0.05) is 7.11 Å². The van der Waals surface area contributed by atoms with E-state index >= 15 is 0 Å². The van der Waals surface area contributed by atoms with E-state index in [0.717, 1.165) is 32.1 Å². The number of carbonyl (C=O) groups is 2. The predicted octanol–water partition coefficient (Wildman–Crippen LogP) is 3.74. The molecule has 0 saturated heterocycles. The molecule has 0 bridgehead atoms. The van der Waals surface area contributed by atoms with E-state index < -0.39 is 18.2 Å². The van der Waals surface area contributed by atoms with E-state index in [4.69, 9.17) is 14.2 Å². The Morgan fingerprint density at radius 2 is 1.87 bits per heavy atom. The molecule has 0 heterocycles. The highest BCUT2D eigenvalue weighted by atomic mass is 16.7. The zero-order valence-electron chi connectivity index (χ0n) is 17.8. The van der Waals surface area contributed by atoms with Crippen molar-refractivity contribution in [2.45, 2.75) is 45.3 Å². The average Bonchev–Trinajstić information content (AvgIpc) is 2.75. The number of allylic oxidation sites excluding steroid dienone is 4. The van der Waals surface area contributed by atoms with Crippen LogP contribution >= 0.6 is 0 Å². The van der Waals surface area contributed by atoms with E-state index in [0.29, 0.717) is 6.61 Å². The van der Waals surface area contributed by atoms with Crippen LogP contribution in [0.25, 0.3) is 0 Å². The van der Waals surface area contributed by atoms with Gasteiger partial charge >= 0.3 is 5.97 Å². The Hall–Kier alpha value is -2.64. The third-order valence-electron chi connectivity index (χ3n) is 4.06. The molecular weight excluding hydrogens is 386 g/mol. The van der Waals surface area contributed by atoms with Crippen molar-refractivity contribution in [3.05, 3.63) is 54.1 Å². The molecule has 1 aromatic rings. The molecule has 0 aromatic heterocycles. The summed E-state index contributed by atoms with van der Waals surface area (Å²) in [6.45, 7) is 2.60. The summed E-state index contributed by atoms with van der Waals surface area (Å²) in [4.78, 5) is 23.9. The maximum atomic E-state index is 12.1. The molecule has 1 atom stereocenters. The van der Waals surface area contributed by atoms with Crippen LogP contribution < -0.4 is 5.32 Å². The van der Waals surface area contributed by atoms with Gasteiger partial charge < -0.3 is 24.6 Å². The van der Waals surface area contributed by atoms with Crippen LogP contribution in [-0.4, -0.2) is 50.1 Å². The van der Waals surface area contributed by atoms with Crippen LogP contribution in [0, 0.1) is 0 Å². The lowest BCUT2D eigenvalue weighted by Gasteiger charge is -2.16. The van der Waals surface area contributed by atoms with Gasteiger partial charge in [-0.25, -0.2) is 4.79 Å². The fourth-order valence-electron chi connectivity index (χ4n) is 2.49. The first-order valence-corrected chi connectivity index (χ1v) is 10.3. The highest BCUT2D eigenvalue weighted by Crippen LogP contribution is 2.16. The SMILES string of the molecule is CC/C=C\C/C=C\CCCCOC(OC)C(=O)NCCOC(=O)c1ccccc1O. The van der Waals surface area contributed by atoms with E-state index in [1.165, 1.54) is 19.2 Å². The van der Waals surface area contributed by atoms with Gasteiger partial charge in [-0.3, -0.25) is 4.79 Å². The van der Waals surface area contributed by atoms with Gasteiger partial charge in [-0.15, -0.1) is 0 Å². The van der Waals surface area contributed by atoms with Crippen molar-refractivity contribution in [3.8, 4) is 5.75 Å². The van der Waals surface area contributed by atoms with Gasteiger partial charge in [0.1, 0.15) is 17.9 Å². The second kappa shape index (κ2) is 16.2. The van der Waals surface area contributed by atoms with Gasteiger partial charge in [0.2, 0.25) is 6.29 Å². The zero-order valence-corrected chi connectivity index (χ0v) is 17.8. The zero-order chi connectivity index (χ0) is 22.0. The summed E-state index contributed by atoms with van der Waals surface area (Å²) in [6.07, 6.45) is 12.3.